The minimum Gasteiger partial charge on any atom is -0.496 e. The van der Waals surface area contributed by atoms with E-state index in [4.69, 9.17) is 9.15 Å². The van der Waals surface area contributed by atoms with Crippen molar-refractivity contribution < 1.29 is 18.7 Å². The molecule has 3 rings (SSSR count). The maximum absolute atomic E-state index is 12.2. The third-order valence-electron chi connectivity index (χ3n) is 3.73. The number of carbonyl (C=O) groups is 2. The van der Waals surface area contributed by atoms with Crippen molar-refractivity contribution in [2.24, 2.45) is 0 Å². The summed E-state index contributed by atoms with van der Waals surface area (Å²) in [5.74, 6) is 1.47. The van der Waals surface area contributed by atoms with E-state index in [1.807, 2.05) is 24.3 Å². The number of methoxy groups -OCH3 is 1. The van der Waals surface area contributed by atoms with Crippen molar-refractivity contribution >= 4 is 23.6 Å². The van der Waals surface area contributed by atoms with Gasteiger partial charge in [0.05, 0.1) is 25.7 Å². The molecule has 0 bridgehead atoms. The Morgan fingerprint density at radius 3 is 2.96 bits per heavy atom. The lowest BCUT2D eigenvalue weighted by Crippen LogP contribution is -2.39. The van der Waals surface area contributed by atoms with Crippen LogP contribution >= 0.6 is 11.8 Å². The van der Waals surface area contributed by atoms with Crippen LogP contribution in [-0.2, 0) is 16.1 Å². The van der Waals surface area contributed by atoms with E-state index in [0.29, 0.717) is 23.8 Å². The first kappa shape index (κ1) is 16.4. The van der Waals surface area contributed by atoms with E-state index in [9.17, 15) is 9.59 Å². The molecule has 0 spiro atoms. The monoisotopic (exact) mass is 346 g/mol. The van der Waals surface area contributed by atoms with Crippen LogP contribution in [0.1, 0.15) is 16.7 Å². The summed E-state index contributed by atoms with van der Waals surface area (Å²) in [7, 11) is 1.60. The molecular weight excluding hydrogens is 328 g/mol. The molecule has 1 fully saturated rings. The molecule has 2 amide bonds. The highest BCUT2D eigenvalue weighted by Crippen LogP contribution is 2.41. The first-order valence-corrected chi connectivity index (χ1v) is 8.57. The van der Waals surface area contributed by atoms with Crippen LogP contribution in [0.2, 0.25) is 0 Å². The van der Waals surface area contributed by atoms with Crippen LogP contribution in [-0.4, -0.2) is 36.1 Å². The van der Waals surface area contributed by atoms with Gasteiger partial charge in [0, 0.05) is 5.56 Å². The molecule has 1 aliphatic rings. The summed E-state index contributed by atoms with van der Waals surface area (Å²) in [4.78, 5) is 26.0. The molecule has 1 saturated heterocycles. The minimum atomic E-state index is -0.220. The van der Waals surface area contributed by atoms with Crippen molar-refractivity contribution in [3.63, 3.8) is 0 Å². The lowest BCUT2D eigenvalue weighted by atomic mass is 10.2. The Balaban J connectivity index is 1.68. The summed E-state index contributed by atoms with van der Waals surface area (Å²) in [6.07, 6.45) is 1.56. The third-order valence-corrected chi connectivity index (χ3v) is 4.96. The van der Waals surface area contributed by atoms with E-state index >= 15 is 0 Å². The van der Waals surface area contributed by atoms with Gasteiger partial charge in [-0.25, -0.2) is 0 Å². The highest BCUT2D eigenvalue weighted by molar-refractivity contribution is 8.00. The molecular formula is C17H18N2O4S. The molecule has 1 aliphatic heterocycles. The Morgan fingerprint density at radius 1 is 1.38 bits per heavy atom. The van der Waals surface area contributed by atoms with Gasteiger partial charge in [-0.15, -0.1) is 11.8 Å². The molecule has 24 heavy (non-hydrogen) atoms. The van der Waals surface area contributed by atoms with Gasteiger partial charge in [-0.3, -0.25) is 9.59 Å². The van der Waals surface area contributed by atoms with E-state index in [-0.39, 0.29) is 23.7 Å². The second kappa shape index (κ2) is 7.44. The first-order valence-electron chi connectivity index (χ1n) is 7.52. The Kier molecular flexibility index (Phi) is 5.10. The van der Waals surface area contributed by atoms with E-state index in [1.165, 1.54) is 11.8 Å². The van der Waals surface area contributed by atoms with Crippen LogP contribution in [0.15, 0.2) is 47.1 Å². The molecule has 1 aromatic heterocycles. The molecule has 7 heteroatoms. The van der Waals surface area contributed by atoms with E-state index in [2.05, 4.69) is 5.32 Å². The van der Waals surface area contributed by atoms with Crippen LogP contribution in [0, 0.1) is 0 Å². The lowest BCUT2D eigenvalue weighted by molar-refractivity contribution is -0.133. The number of amides is 2. The SMILES string of the molecule is COc1ccccc1C1SCC(=O)N1CC(=O)NCc1ccco1. The van der Waals surface area contributed by atoms with Crippen molar-refractivity contribution in [1.29, 1.82) is 0 Å². The number of hydrogen-bond donors (Lipinski definition) is 1. The number of nitrogens with one attached hydrogen (secondary N) is 1. The number of thioether (sulfide) groups is 1. The van der Waals surface area contributed by atoms with Gasteiger partial charge in [0.25, 0.3) is 0 Å². The van der Waals surface area contributed by atoms with Gasteiger partial charge in [0.15, 0.2) is 0 Å². The van der Waals surface area contributed by atoms with Gasteiger partial charge in [-0.1, -0.05) is 18.2 Å². The van der Waals surface area contributed by atoms with Gasteiger partial charge in [0.1, 0.15) is 23.4 Å². The first-order chi connectivity index (χ1) is 11.7. The third kappa shape index (κ3) is 3.56. The van der Waals surface area contributed by atoms with Gasteiger partial charge in [-0.2, -0.15) is 0 Å². The Hall–Kier alpha value is -2.41. The Morgan fingerprint density at radius 2 is 2.21 bits per heavy atom. The topological polar surface area (TPSA) is 71.8 Å². The van der Waals surface area contributed by atoms with Gasteiger partial charge in [-0.05, 0) is 18.2 Å². The average Bonchev–Trinajstić information content (AvgIpc) is 3.24. The maximum Gasteiger partial charge on any atom is 0.240 e. The fourth-order valence-electron chi connectivity index (χ4n) is 2.56. The van der Waals surface area contributed by atoms with E-state index in [0.717, 1.165) is 5.56 Å². The van der Waals surface area contributed by atoms with Crippen LogP contribution in [0.5, 0.6) is 5.75 Å². The Labute approximate surface area is 144 Å². The molecule has 6 nitrogen and oxygen atoms in total. The van der Waals surface area contributed by atoms with Gasteiger partial charge < -0.3 is 19.4 Å². The number of rotatable bonds is 6. The number of carbonyl (C=O) groups excluding carboxylic acids is 2. The predicted molar refractivity (Wildman–Crippen MR) is 90.5 cm³/mol. The molecule has 1 N–H and O–H groups in total. The van der Waals surface area contributed by atoms with Crippen molar-refractivity contribution in [3.05, 3.63) is 54.0 Å². The fourth-order valence-corrected chi connectivity index (χ4v) is 3.78. The lowest BCUT2D eigenvalue weighted by Gasteiger charge is -2.24. The normalized spacial score (nSPS) is 17.1. The molecule has 1 aromatic carbocycles. The zero-order valence-electron chi connectivity index (χ0n) is 13.2. The van der Waals surface area contributed by atoms with Gasteiger partial charge >= 0.3 is 0 Å². The van der Waals surface area contributed by atoms with E-state index in [1.54, 1.807) is 30.4 Å². The number of hydrogen-bond acceptors (Lipinski definition) is 5. The summed E-state index contributed by atoms with van der Waals surface area (Å²) in [5.41, 5.74) is 0.898. The molecule has 0 saturated carbocycles. The predicted octanol–water partition coefficient (Wildman–Crippen LogP) is 2.18. The molecule has 1 unspecified atom stereocenters. The molecule has 0 radical (unpaired) electrons. The molecule has 1 atom stereocenters. The van der Waals surface area contributed by atoms with Crippen LogP contribution in [0.25, 0.3) is 0 Å². The van der Waals surface area contributed by atoms with Crippen molar-refractivity contribution in [2.75, 3.05) is 19.4 Å². The van der Waals surface area contributed by atoms with Crippen LogP contribution < -0.4 is 10.1 Å². The van der Waals surface area contributed by atoms with Gasteiger partial charge in [0.2, 0.25) is 11.8 Å². The minimum absolute atomic E-state index is 0.00918. The molecule has 126 valence electrons. The maximum atomic E-state index is 12.2. The zero-order chi connectivity index (χ0) is 16.9. The second-order valence-electron chi connectivity index (χ2n) is 5.28. The molecule has 2 aromatic rings. The molecule has 2 heterocycles. The van der Waals surface area contributed by atoms with Crippen molar-refractivity contribution in [1.82, 2.24) is 10.2 Å². The largest absolute Gasteiger partial charge is 0.496 e. The number of benzene rings is 1. The van der Waals surface area contributed by atoms with Crippen molar-refractivity contribution in [3.8, 4) is 5.75 Å². The number of ether oxygens (including phenoxy) is 1. The van der Waals surface area contributed by atoms with Crippen LogP contribution in [0.3, 0.4) is 0 Å². The number of para-hydroxylation sites is 1. The summed E-state index contributed by atoms with van der Waals surface area (Å²) in [6, 6.07) is 11.1. The number of furan rings is 1. The second-order valence-corrected chi connectivity index (χ2v) is 6.35. The zero-order valence-corrected chi connectivity index (χ0v) is 14.0. The highest BCUT2D eigenvalue weighted by atomic mass is 32.2. The highest BCUT2D eigenvalue weighted by Gasteiger charge is 2.35. The van der Waals surface area contributed by atoms with E-state index < -0.39 is 0 Å². The van der Waals surface area contributed by atoms with Crippen LogP contribution in [0.4, 0.5) is 0 Å². The summed E-state index contributed by atoms with van der Waals surface area (Å²) >= 11 is 1.50. The number of nitrogens with zero attached hydrogens (tertiary/aromatic N) is 1. The summed E-state index contributed by atoms with van der Waals surface area (Å²) in [6.45, 7) is 0.315. The fraction of sp³-hybridized carbons (Fsp3) is 0.294. The summed E-state index contributed by atoms with van der Waals surface area (Å²) in [5, 5.41) is 2.55. The standard InChI is InChI=1S/C17H18N2O4S/c1-22-14-7-3-2-6-13(14)17-19(16(21)11-24-17)10-15(20)18-9-12-5-4-8-23-12/h2-8,17H,9-11H2,1H3,(H,18,20). The summed E-state index contributed by atoms with van der Waals surface area (Å²) < 4.78 is 10.6. The quantitative estimate of drug-likeness (QED) is 0.868. The smallest absolute Gasteiger partial charge is 0.240 e. The average molecular weight is 346 g/mol. The molecule has 0 aliphatic carbocycles. The Bertz CT molecular complexity index is 717. The van der Waals surface area contributed by atoms with Crippen molar-refractivity contribution in [2.45, 2.75) is 11.9 Å².